The lowest BCUT2D eigenvalue weighted by molar-refractivity contribution is 0.408. The molecule has 0 atom stereocenters. The molecule has 15 heavy (non-hydrogen) atoms. The number of rotatable bonds is 3. The number of isocyanates is 1. The fourth-order valence-corrected chi connectivity index (χ4v) is 1.71. The summed E-state index contributed by atoms with van der Waals surface area (Å²) in [6.07, 6.45) is 1.51. The summed E-state index contributed by atoms with van der Waals surface area (Å²) in [5.41, 5.74) is 2.74. The van der Waals surface area contributed by atoms with E-state index in [9.17, 15) is 4.79 Å². The maximum Gasteiger partial charge on any atom is 0.235 e. The average molecular weight is 226 g/mol. The fourth-order valence-electron chi connectivity index (χ4n) is 1.49. The topological polar surface area (TPSA) is 38.7 Å². The molecule has 1 rings (SSSR count). The lowest BCUT2D eigenvalue weighted by atomic mass is 10.0. The van der Waals surface area contributed by atoms with E-state index < -0.39 is 0 Å². The van der Waals surface area contributed by atoms with Crippen LogP contribution in [0, 0.1) is 13.8 Å². The maximum absolute atomic E-state index is 10.0. The SMILES string of the molecule is COc1c(C)c(Cl)cc(CN=C=O)c1C. The predicted molar refractivity (Wildman–Crippen MR) is 59.3 cm³/mol. The van der Waals surface area contributed by atoms with Crippen LogP contribution >= 0.6 is 11.6 Å². The van der Waals surface area contributed by atoms with Crippen molar-refractivity contribution in [3.8, 4) is 5.75 Å². The first-order valence-corrected chi connectivity index (χ1v) is 4.85. The average Bonchev–Trinajstić information content (AvgIpc) is 2.22. The Hall–Kier alpha value is -1.31. The van der Waals surface area contributed by atoms with E-state index in [-0.39, 0.29) is 6.54 Å². The molecule has 1 aromatic carbocycles. The molecule has 0 saturated heterocycles. The van der Waals surface area contributed by atoms with Crippen LogP contribution in [0.25, 0.3) is 0 Å². The largest absolute Gasteiger partial charge is 0.496 e. The molecule has 0 aliphatic rings. The summed E-state index contributed by atoms with van der Waals surface area (Å²) in [6, 6.07) is 1.80. The standard InChI is InChI=1S/C11H12ClNO2/c1-7-9(5-13-6-14)4-10(12)8(2)11(7)15-3/h4H,5H2,1-3H3. The van der Waals surface area contributed by atoms with E-state index in [1.807, 2.05) is 13.8 Å². The van der Waals surface area contributed by atoms with Crippen LogP contribution < -0.4 is 4.74 Å². The van der Waals surface area contributed by atoms with Crippen LogP contribution in [0.2, 0.25) is 5.02 Å². The van der Waals surface area contributed by atoms with Gasteiger partial charge in [0.15, 0.2) is 0 Å². The highest BCUT2D eigenvalue weighted by atomic mass is 35.5. The summed E-state index contributed by atoms with van der Waals surface area (Å²) < 4.78 is 5.25. The molecule has 0 radical (unpaired) electrons. The Labute approximate surface area is 93.7 Å². The van der Waals surface area contributed by atoms with Crippen LogP contribution in [0.3, 0.4) is 0 Å². The quantitative estimate of drug-likeness (QED) is 0.586. The number of nitrogens with zero attached hydrogens (tertiary/aromatic N) is 1. The molecule has 0 spiro atoms. The number of benzene rings is 1. The number of aliphatic imine (C=N–C) groups is 1. The first-order chi connectivity index (χ1) is 7.11. The zero-order valence-electron chi connectivity index (χ0n) is 8.93. The normalized spacial score (nSPS) is 9.60. The van der Waals surface area contributed by atoms with Crippen LogP contribution in [0.1, 0.15) is 16.7 Å². The highest BCUT2D eigenvalue weighted by Gasteiger charge is 2.11. The zero-order chi connectivity index (χ0) is 11.4. The van der Waals surface area contributed by atoms with E-state index in [1.165, 1.54) is 6.08 Å². The molecule has 0 unspecified atom stereocenters. The van der Waals surface area contributed by atoms with Crippen molar-refractivity contribution in [1.29, 1.82) is 0 Å². The van der Waals surface area contributed by atoms with Crippen LogP contribution in [0.4, 0.5) is 0 Å². The molecule has 3 nitrogen and oxygen atoms in total. The Morgan fingerprint density at radius 3 is 2.67 bits per heavy atom. The number of ether oxygens (including phenoxy) is 1. The number of methoxy groups -OCH3 is 1. The summed E-state index contributed by atoms with van der Waals surface area (Å²) in [6.45, 7) is 4.09. The maximum atomic E-state index is 10.0. The van der Waals surface area contributed by atoms with Crippen molar-refractivity contribution in [2.24, 2.45) is 4.99 Å². The third kappa shape index (κ3) is 2.38. The molecule has 0 fully saturated rings. The second-order valence-corrected chi connectivity index (χ2v) is 3.62. The Kier molecular flexibility index (Phi) is 3.89. The van der Waals surface area contributed by atoms with Crippen molar-refractivity contribution in [2.75, 3.05) is 7.11 Å². The Balaban J connectivity index is 3.29. The van der Waals surface area contributed by atoms with Gasteiger partial charge in [0, 0.05) is 10.6 Å². The van der Waals surface area contributed by atoms with Gasteiger partial charge in [-0.3, -0.25) is 0 Å². The van der Waals surface area contributed by atoms with Crippen LogP contribution in [0.5, 0.6) is 5.75 Å². The van der Waals surface area contributed by atoms with Gasteiger partial charge in [0.05, 0.1) is 13.7 Å². The summed E-state index contributed by atoms with van der Waals surface area (Å²) in [5.74, 6) is 0.749. The van der Waals surface area contributed by atoms with Gasteiger partial charge in [-0.1, -0.05) is 11.6 Å². The summed E-state index contributed by atoms with van der Waals surface area (Å²) >= 11 is 6.03. The second kappa shape index (κ2) is 4.96. The van der Waals surface area contributed by atoms with Gasteiger partial charge in [0.2, 0.25) is 6.08 Å². The van der Waals surface area contributed by atoms with Gasteiger partial charge < -0.3 is 4.74 Å². The first-order valence-electron chi connectivity index (χ1n) is 4.48. The van der Waals surface area contributed by atoms with Crippen molar-refractivity contribution >= 4 is 17.7 Å². The number of hydrogen-bond acceptors (Lipinski definition) is 3. The van der Waals surface area contributed by atoms with E-state index in [0.29, 0.717) is 5.02 Å². The summed E-state index contributed by atoms with van der Waals surface area (Å²) in [5, 5.41) is 0.619. The molecule has 80 valence electrons. The van der Waals surface area contributed by atoms with Crippen LogP contribution in [-0.4, -0.2) is 13.2 Å². The van der Waals surface area contributed by atoms with E-state index in [4.69, 9.17) is 16.3 Å². The van der Waals surface area contributed by atoms with Gasteiger partial charge in [-0.25, -0.2) is 9.79 Å². The lowest BCUT2D eigenvalue weighted by Gasteiger charge is -2.13. The van der Waals surface area contributed by atoms with Gasteiger partial charge in [0.25, 0.3) is 0 Å². The molecule has 0 aliphatic heterocycles. The van der Waals surface area contributed by atoms with Crippen molar-refractivity contribution in [1.82, 2.24) is 0 Å². The first kappa shape index (κ1) is 11.8. The molecule has 0 aliphatic carbocycles. The van der Waals surface area contributed by atoms with E-state index >= 15 is 0 Å². The van der Waals surface area contributed by atoms with E-state index in [0.717, 1.165) is 22.4 Å². The van der Waals surface area contributed by atoms with Gasteiger partial charge in [0.1, 0.15) is 5.75 Å². The van der Waals surface area contributed by atoms with Crippen molar-refractivity contribution < 1.29 is 9.53 Å². The minimum absolute atomic E-state index is 0.283. The zero-order valence-corrected chi connectivity index (χ0v) is 9.68. The Bertz CT molecular complexity index is 423. The highest BCUT2D eigenvalue weighted by molar-refractivity contribution is 6.31. The molecule has 0 amide bonds. The minimum Gasteiger partial charge on any atom is -0.496 e. The molecule has 0 saturated carbocycles. The Morgan fingerprint density at radius 2 is 2.13 bits per heavy atom. The molecular formula is C11H12ClNO2. The number of carbonyl (C=O) groups excluding carboxylic acids is 1. The monoisotopic (exact) mass is 225 g/mol. The lowest BCUT2D eigenvalue weighted by Crippen LogP contribution is -1.97. The van der Waals surface area contributed by atoms with Crippen molar-refractivity contribution in [3.05, 3.63) is 27.8 Å². The predicted octanol–water partition coefficient (Wildman–Crippen LogP) is 2.80. The molecule has 1 aromatic rings. The van der Waals surface area contributed by atoms with Gasteiger partial charge in [-0.15, -0.1) is 0 Å². The van der Waals surface area contributed by atoms with E-state index in [2.05, 4.69) is 4.99 Å². The Morgan fingerprint density at radius 1 is 1.47 bits per heavy atom. The van der Waals surface area contributed by atoms with Crippen molar-refractivity contribution in [3.63, 3.8) is 0 Å². The van der Waals surface area contributed by atoms with Gasteiger partial charge in [-0.05, 0) is 31.0 Å². The minimum atomic E-state index is 0.283. The molecule has 0 N–H and O–H groups in total. The van der Waals surface area contributed by atoms with Crippen molar-refractivity contribution in [2.45, 2.75) is 20.4 Å². The third-order valence-electron chi connectivity index (χ3n) is 2.34. The smallest absolute Gasteiger partial charge is 0.235 e. The highest BCUT2D eigenvalue weighted by Crippen LogP contribution is 2.32. The number of hydrogen-bond donors (Lipinski definition) is 0. The molecule has 0 aromatic heterocycles. The second-order valence-electron chi connectivity index (χ2n) is 3.21. The number of halogens is 1. The molecule has 0 heterocycles. The molecule has 0 bridgehead atoms. The van der Waals surface area contributed by atoms with Crippen LogP contribution in [-0.2, 0) is 11.3 Å². The molecule has 4 heteroatoms. The van der Waals surface area contributed by atoms with Gasteiger partial charge in [-0.2, -0.15) is 0 Å². The summed E-state index contributed by atoms with van der Waals surface area (Å²) in [4.78, 5) is 13.6. The fraction of sp³-hybridized carbons (Fsp3) is 0.364. The third-order valence-corrected chi connectivity index (χ3v) is 2.73. The van der Waals surface area contributed by atoms with Crippen LogP contribution in [0.15, 0.2) is 11.1 Å². The molecular weight excluding hydrogens is 214 g/mol. The van der Waals surface area contributed by atoms with Gasteiger partial charge >= 0.3 is 0 Å². The van der Waals surface area contributed by atoms with E-state index in [1.54, 1.807) is 13.2 Å². The summed E-state index contributed by atoms with van der Waals surface area (Å²) in [7, 11) is 1.60.